The van der Waals surface area contributed by atoms with Gasteiger partial charge in [0.05, 0.1) is 7.11 Å². The quantitative estimate of drug-likeness (QED) is 0.549. The second kappa shape index (κ2) is 5.65. The number of hydrogen-bond acceptors (Lipinski definition) is 5. The summed E-state index contributed by atoms with van der Waals surface area (Å²) < 4.78 is 7.01. The van der Waals surface area contributed by atoms with E-state index in [-0.39, 0.29) is 0 Å². The van der Waals surface area contributed by atoms with Crippen LogP contribution in [0.15, 0.2) is 23.2 Å². The lowest BCUT2D eigenvalue weighted by molar-refractivity contribution is 0.419. The van der Waals surface area contributed by atoms with Gasteiger partial charge in [0.1, 0.15) is 11.3 Å². The highest BCUT2D eigenvalue weighted by molar-refractivity contribution is 6.17. The minimum Gasteiger partial charge on any atom is -0.494 e. The Labute approximate surface area is 126 Å². The van der Waals surface area contributed by atoms with E-state index in [1.54, 1.807) is 17.8 Å². The molecule has 0 saturated carbocycles. The number of benzene rings is 1. The maximum absolute atomic E-state index is 5.78. The molecule has 0 amide bonds. The highest BCUT2D eigenvalue weighted by Gasteiger charge is 2.14. The molecule has 3 aromatic rings. The van der Waals surface area contributed by atoms with Gasteiger partial charge in [0, 0.05) is 23.9 Å². The number of halogens is 1. The lowest BCUT2D eigenvalue weighted by Crippen LogP contribution is -1.97. The lowest BCUT2D eigenvalue weighted by Gasteiger charge is -2.06. The first-order chi connectivity index (χ1) is 10.3. The van der Waals surface area contributed by atoms with Crippen molar-refractivity contribution in [2.24, 2.45) is 4.99 Å². The van der Waals surface area contributed by atoms with Crippen molar-refractivity contribution in [2.45, 2.75) is 13.3 Å². The average Bonchev–Trinajstić information content (AvgIpc) is 2.92. The van der Waals surface area contributed by atoms with Gasteiger partial charge in [-0.25, -0.2) is 15.0 Å². The predicted molar refractivity (Wildman–Crippen MR) is 83.1 cm³/mol. The molecule has 0 atom stereocenters. The van der Waals surface area contributed by atoms with Crippen LogP contribution in [0.4, 0.5) is 5.95 Å². The number of fused-ring (bicyclic) bond motifs is 3. The molecule has 0 spiro atoms. The normalized spacial score (nSPS) is 11.8. The summed E-state index contributed by atoms with van der Waals surface area (Å²) in [6, 6.07) is 5.71. The van der Waals surface area contributed by atoms with Gasteiger partial charge >= 0.3 is 0 Å². The maximum Gasteiger partial charge on any atom is 0.252 e. The summed E-state index contributed by atoms with van der Waals surface area (Å²) in [5.74, 6) is 2.30. The number of ether oxygens (including phenoxy) is 1. The Morgan fingerprint density at radius 3 is 2.95 bits per heavy atom. The number of rotatable bonds is 4. The number of nitrogens with zero attached hydrogens (tertiary/aromatic N) is 5. The molecule has 7 heteroatoms. The summed E-state index contributed by atoms with van der Waals surface area (Å²) >= 11 is 5.78. The molecule has 108 valence electrons. The molecule has 2 heterocycles. The molecule has 0 radical (unpaired) electrons. The standard InChI is InChI=1S/C14H14ClN5O/c1-3-16-14-18-12-9(5-4-6-10(12)21-2)13-17-11(7-8-15)19-20(13)14/h3-6H,7-8H2,1-2H3. The number of methoxy groups -OCH3 is 1. The van der Waals surface area contributed by atoms with Crippen molar-refractivity contribution < 1.29 is 4.74 Å². The molecule has 0 unspecified atom stereocenters. The highest BCUT2D eigenvalue weighted by Crippen LogP contribution is 2.28. The molecule has 0 saturated heterocycles. The van der Waals surface area contributed by atoms with Crippen LogP contribution in [-0.2, 0) is 6.42 Å². The minimum absolute atomic E-state index is 0.470. The Balaban J connectivity index is 2.41. The first kappa shape index (κ1) is 13.8. The summed E-state index contributed by atoms with van der Waals surface area (Å²) in [7, 11) is 1.62. The molecule has 1 aromatic carbocycles. The topological polar surface area (TPSA) is 64.7 Å². The fourth-order valence-corrected chi connectivity index (χ4v) is 2.36. The van der Waals surface area contributed by atoms with Crippen molar-refractivity contribution >= 4 is 40.3 Å². The minimum atomic E-state index is 0.470. The zero-order valence-corrected chi connectivity index (χ0v) is 12.5. The van der Waals surface area contributed by atoms with Gasteiger partial charge < -0.3 is 4.74 Å². The van der Waals surface area contributed by atoms with Crippen molar-refractivity contribution in [1.29, 1.82) is 0 Å². The van der Waals surface area contributed by atoms with Crippen LogP contribution in [-0.4, -0.2) is 38.8 Å². The molecular formula is C14H14ClN5O. The Morgan fingerprint density at radius 1 is 1.38 bits per heavy atom. The van der Waals surface area contributed by atoms with E-state index < -0.39 is 0 Å². The van der Waals surface area contributed by atoms with Gasteiger partial charge in [-0.2, -0.15) is 4.52 Å². The van der Waals surface area contributed by atoms with Gasteiger partial charge in [0.2, 0.25) is 0 Å². The fraction of sp³-hybridized carbons (Fsp3) is 0.286. The van der Waals surface area contributed by atoms with Gasteiger partial charge in [0.15, 0.2) is 11.5 Å². The molecule has 6 nitrogen and oxygen atoms in total. The van der Waals surface area contributed by atoms with Gasteiger partial charge in [-0.1, -0.05) is 6.07 Å². The number of hydrogen-bond donors (Lipinski definition) is 0. The Morgan fingerprint density at radius 2 is 2.24 bits per heavy atom. The largest absolute Gasteiger partial charge is 0.494 e. The van der Waals surface area contributed by atoms with Crippen molar-refractivity contribution in [3.05, 3.63) is 24.0 Å². The van der Waals surface area contributed by atoms with E-state index in [0.717, 1.165) is 10.9 Å². The summed E-state index contributed by atoms with van der Waals surface area (Å²) in [5, 5.41) is 5.30. The SMILES string of the molecule is CC=Nc1nc2c(OC)cccc2c2nc(CCCl)nn12. The van der Waals surface area contributed by atoms with E-state index in [1.807, 2.05) is 25.1 Å². The zero-order chi connectivity index (χ0) is 14.8. The molecule has 0 aliphatic heterocycles. The van der Waals surface area contributed by atoms with Crippen LogP contribution in [0.25, 0.3) is 16.6 Å². The second-order valence-electron chi connectivity index (χ2n) is 4.36. The van der Waals surface area contributed by atoms with Gasteiger partial charge in [-0.3, -0.25) is 0 Å². The molecule has 3 rings (SSSR count). The number of aryl methyl sites for hydroxylation is 1. The van der Waals surface area contributed by atoms with E-state index in [1.165, 1.54) is 0 Å². The van der Waals surface area contributed by atoms with Crippen LogP contribution in [0.5, 0.6) is 5.75 Å². The molecule has 0 aliphatic rings. The monoisotopic (exact) mass is 303 g/mol. The molecule has 2 aromatic heterocycles. The summed E-state index contributed by atoms with van der Waals surface area (Å²) in [4.78, 5) is 13.4. The van der Waals surface area contributed by atoms with Crippen LogP contribution in [0.1, 0.15) is 12.7 Å². The third-order valence-electron chi connectivity index (χ3n) is 3.07. The van der Waals surface area contributed by atoms with Crippen LogP contribution < -0.4 is 4.74 Å². The lowest BCUT2D eigenvalue weighted by atomic mass is 10.2. The number of aromatic nitrogens is 4. The molecule has 21 heavy (non-hydrogen) atoms. The van der Waals surface area contributed by atoms with E-state index in [0.29, 0.717) is 35.5 Å². The van der Waals surface area contributed by atoms with E-state index in [9.17, 15) is 0 Å². The van der Waals surface area contributed by atoms with Crippen molar-refractivity contribution in [2.75, 3.05) is 13.0 Å². The van der Waals surface area contributed by atoms with Crippen molar-refractivity contribution in [1.82, 2.24) is 19.6 Å². The Kier molecular flexibility index (Phi) is 3.70. The fourth-order valence-electron chi connectivity index (χ4n) is 2.19. The van der Waals surface area contributed by atoms with Crippen LogP contribution in [0.2, 0.25) is 0 Å². The maximum atomic E-state index is 5.78. The zero-order valence-electron chi connectivity index (χ0n) is 11.7. The number of aliphatic imine (C=N–C) groups is 1. The molecule has 0 fully saturated rings. The molecule has 0 aliphatic carbocycles. The Bertz CT molecular complexity index is 827. The van der Waals surface area contributed by atoms with Gasteiger partial charge in [0.25, 0.3) is 5.95 Å². The first-order valence-electron chi connectivity index (χ1n) is 6.55. The van der Waals surface area contributed by atoms with E-state index in [4.69, 9.17) is 16.3 Å². The Hall–Kier alpha value is -2.21. The van der Waals surface area contributed by atoms with Crippen molar-refractivity contribution in [3.8, 4) is 5.75 Å². The third-order valence-corrected chi connectivity index (χ3v) is 3.26. The second-order valence-corrected chi connectivity index (χ2v) is 4.74. The first-order valence-corrected chi connectivity index (χ1v) is 7.09. The third kappa shape index (κ3) is 2.31. The predicted octanol–water partition coefficient (Wildman–Crippen LogP) is 2.79. The summed E-state index contributed by atoms with van der Waals surface area (Å²) in [6.45, 7) is 1.83. The molecule has 0 bridgehead atoms. The average molecular weight is 304 g/mol. The summed E-state index contributed by atoms with van der Waals surface area (Å²) in [5.41, 5.74) is 1.43. The van der Waals surface area contributed by atoms with Crippen LogP contribution in [0.3, 0.4) is 0 Å². The number of alkyl halides is 1. The molecular weight excluding hydrogens is 290 g/mol. The highest BCUT2D eigenvalue weighted by atomic mass is 35.5. The smallest absolute Gasteiger partial charge is 0.252 e. The van der Waals surface area contributed by atoms with Crippen LogP contribution in [0, 0.1) is 0 Å². The summed E-state index contributed by atoms with van der Waals surface area (Å²) in [6.07, 6.45) is 2.27. The van der Waals surface area contributed by atoms with E-state index >= 15 is 0 Å². The van der Waals surface area contributed by atoms with Crippen LogP contribution >= 0.6 is 11.6 Å². The van der Waals surface area contributed by atoms with Gasteiger partial charge in [-0.15, -0.1) is 16.7 Å². The van der Waals surface area contributed by atoms with Crippen molar-refractivity contribution in [3.63, 3.8) is 0 Å². The number of para-hydroxylation sites is 1. The molecule has 0 N–H and O–H groups in total. The van der Waals surface area contributed by atoms with Gasteiger partial charge in [-0.05, 0) is 19.1 Å². The van der Waals surface area contributed by atoms with E-state index in [2.05, 4.69) is 20.1 Å².